The summed E-state index contributed by atoms with van der Waals surface area (Å²) in [5.74, 6) is -0.406. The smallest absolute Gasteiger partial charge is 0.302 e. The Bertz CT molecular complexity index is 166. The SMILES string of the molecule is CC(=O)OCCCBr.CC(=O)OCCCBr. The fourth-order valence-corrected chi connectivity index (χ4v) is 0.999. The summed E-state index contributed by atoms with van der Waals surface area (Å²) in [5, 5.41) is 1.78. The predicted octanol–water partition coefficient (Wildman–Crippen LogP) is 2.67. The van der Waals surface area contributed by atoms with E-state index >= 15 is 0 Å². The van der Waals surface area contributed by atoms with Crippen LogP contribution in [0.4, 0.5) is 0 Å². The molecule has 0 atom stereocenters. The van der Waals surface area contributed by atoms with Crippen LogP contribution < -0.4 is 0 Å². The van der Waals surface area contributed by atoms with Crippen molar-refractivity contribution in [2.75, 3.05) is 23.9 Å². The van der Waals surface area contributed by atoms with E-state index in [1.54, 1.807) is 0 Å². The molecule has 0 rings (SSSR count). The molecule has 0 saturated heterocycles. The zero-order chi connectivity index (χ0) is 12.8. The molecular weight excluding hydrogens is 344 g/mol. The number of carbonyl (C=O) groups excluding carboxylic acids is 2. The van der Waals surface area contributed by atoms with E-state index < -0.39 is 0 Å². The number of rotatable bonds is 6. The third-order valence-corrected chi connectivity index (χ3v) is 2.29. The van der Waals surface area contributed by atoms with Crippen molar-refractivity contribution in [1.82, 2.24) is 0 Å². The molecule has 0 aliphatic heterocycles. The highest BCUT2D eigenvalue weighted by molar-refractivity contribution is 9.09. The number of hydrogen-bond donors (Lipinski definition) is 0. The molecule has 0 aromatic carbocycles. The third-order valence-electron chi connectivity index (χ3n) is 1.17. The maximum absolute atomic E-state index is 10.1. The number of carbonyl (C=O) groups is 2. The van der Waals surface area contributed by atoms with Crippen LogP contribution in [0.1, 0.15) is 26.7 Å². The van der Waals surface area contributed by atoms with Crippen LogP contribution >= 0.6 is 31.9 Å². The van der Waals surface area contributed by atoms with Crippen LogP contribution in [0.5, 0.6) is 0 Å². The van der Waals surface area contributed by atoms with Crippen molar-refractivity contribution >= 4 is 43.8 Å². The first kappa shape index (κ1) is 18.3. The van der Waals surface area contributed by atoms with Gasteiger partial charge in [0.05, 0.1) is 13.2 Å². The van der Waals surface area contributed by atoms with E-state index in [0.717, 1.165) is 23.5 Å². The Balaban J connectivity index is 0. The molecule has 0 amide bonds. The summed E-state index contributed by atoms with van der Waals surface area (Å²) in [6.45, 7) is 3.88. The van der Waals surface area contributed by atoms with Gasteiger partial charge in [-0.2, -0.15) is 0 Å². The minimum atomic E-state index is -0.203. The molecule has 0 saturated carbocycles. The van der Waals surface area contributed by atoms with E-state index in [2.05, 4.69) is 41.3 Å². The van der Waals surface area contributed by atoms with Crippen molar-refractivity contribution < 1.29 is 19.1 Å². The summed E-state index contributed by atoms with van der Waals surface area (Å²) in [6, 6.07) is 0. The summed E-state index contributed by atoms with van der Waals surface area (Å²) in [4.78, 5) is 20.2. The lowest BCUT2D eigenvalue weighted by Gasteiger charge is -1.95. The van der Waals surface area contributed by atoms with Gasteiger partial charge >= 0.3 is 11.9 Å². The van der Waals surface area contributed by atoms with Gasteiger partial charge in [0.2, 0.25) is 0 Å². The average molecular weight is 362 g/mol. The third kappa shape index (κ3) is 23.6. The second-order valence-corrected chi connectivity index (χ2v) is 4.35. The molecule has 0 aromatic heterocycles. The molecular formula is C10H18Br2O4. The lowest BCUT2D eigenvalue weighted by Crippen LogP contribution is -2.00. The molecule has 0 fully saturated rings. The zero-order valence-electron chi connectivity index (χ0n) is 9.63. The number of hydrogen-bond acceptors (Lipinski definition) is 4. The van der Waals surface area contributed by atoms with Gasteiger partial charge in [-0.15, -0.1) is 0 Å². The van der Waals surface area contributed by atoms with Crippen LogP contribution in [0, 0.1) is 0 Å². The maximum Gasteiger partial charge on any atom is 0.302 e. The van der Waals surface area contributed by atoms with Gasteiger partial charge in [0.1, 0.15) is 0 Å². The van der Waals surface area contributed by atoms with Crippen LogP contribution in [-0.4, -0.2) is 35.8 Å². The van der Waals surface area contributed by atoms with E-state index in [1.807, 2.05) is 0 Å². The van der Waals surface area contributed by atoms with E-state index in [-0.39, 0.29) is 11.9 Å². The molecule has 0 aromatic rings. The lowest BCUT2D eigenvalue weighted by molar-refractivity contribution is -0.141. The van der Waals surface area contributed by atoms with Gasteiger partial charge in [0.25, 0.3) is 0 Å². The Kier molecular flexibility index (Phi) is 17.0. The number of ether oxygens (including phenoxy) is 2. The van der Waals surface area contributed by atoms with Gasteiger partial charge in [0.15, 0.2) is 0 Å². The van der Waals surface area contributed by atoms with Gasteiger partial charge in [-0.25, -0.2) is 0 Å². The molecule has 0 spiro atoms. The van der Waals surface area contributed by atoms with Crippen LogP contribution in [0.25, 0.3) is 0 Å². The minimum Gasteiger partial charge on any atom is -0.466 e. The highest BCUT2D eigenvalue weighted by Crippen LogP contribution is 1.88. The van der Waals surface area contributed by atoms with Crippen molar-refractivity contribution in [3.63, 3.8) is 0 Å². The van der Waals surface area contributed by atoms with Crippen molar-refractivity contribution in [2.24, 2.45) is 0 Å². The first-order chi connectivity index (χ1) is 7.54. The van der Waals surface area contributed by atoms with Gasteiger partial charge in [-0.3, -0.25) is 9.59 Å². The summed E-state index contributed by atoms with van der Waals surface area (Å²) >= 11 is 6.42. The summed E-state index contributed by atoms with van der Waals surface area (Å²) < 4.78 is 9.23. The number of halogens is 2. The fourth-order valence-electron chi connectivity index (χ4n) is 0.541. The van der Waals surface area contributed by atoms with Gasteiger partial charge < -0.3 is 9.47 Å². The van der Waals surface area contributed by atoms with Gasteiger partial charge in [-0.1, -0.05) is 31.9 Å². The Morgan fingerprint density at radius 1 is 0.875 bits per heavy atom. The first-order valence-corrected chi connectivity index (χ1v) is 7.17. The molecule has 0 unspecified atom stereocenters. The Morgan fingerprint density at radius 3 is 1.38 bits per heavy atom. The van der Waals surface area contributed by atoms with E-state index in [9.17, 15) is 9.59 Å². The van der Waals surface area contributed by atoms with Gasteiger partial charge in [0, 0.05) is 24.5 Å². The Morgan fingerprint density at radius 2 is 1.19 bits per heavy atom. The molecule has 0 aliphatic carbocycles. The van der Waals surface area contributed by atoms with Crippen LogP contribution in [-0.2, 0) is 19.1 Å². The van der Waals surface area contributed by atoms with Crippen LogP contribution in [0.3, 0.4) is 0 Å². The monoisotopic (exact) mass is 360 g/mol. The molecule has 16 heavy (non-hydrogen) atoms. The van der Waals surface area contributed by atoms with Crippen LogP contribution in [0.2, 0.25) is 0 Å². The van der Waals surface area contributed by atoms with Crippen molar-refractivity contribution in [3.05, 3.63) is 0 Å². The molecule has 6 heteroatoms. The normalized spacial score (nSPS) is 8.75. The summed E-state index contributed by atoms with van der Waals surface area (Å²) in [5.41, 5.74) is 0. The fraction of sp³-hybridized carbons (Fsp3) is 0.800. The highest BCUT2D eigenvalue weighted by atomic mass is 79.9. The molecule has 4 nitrogen and oxygen atoms in total. The molecule has 0 N–H and O–H groups in total. The predicted molar refractivity (Wildman–Crippen MR) is 70.1 cm³/mol. The highest BCUT2D eigenvalue weighted by Gasteiger charge is 1.89. The van der Waals surface area contributed by atoms with E-state index in [4.69, 9.17) is 0 Å². The van der Waals surface area contributed by atoms with Crippen molar-refractivity contribution in [2.45, 2.75) is 26.7 Å². The van der Waals surface area contributed by atoms with Crippen LogP contribution in [0.15, 0.2) is 0 Å². The van der Waals surface area contributed by atoms with E-state index in [0.29, 0.717) is 13.2 Å². The maximum atomic E-state index is 10.1. The van der Waals surface area contributed by atoms with E-state index in [1.165, 1.54) is 13.8 Å². The Hall–Kier alpha value is -0.100. The number of alkyl halides is 2. The Labute approximate surface area is 113 Å². The van der Waals surface area contributed by atoms with Crippen molar-refractivity contribution in [3.8, 4) is 0 Å². The molecule has 0 heterocycles. The topological polar surface area (TPSA) is 52.6 Å². The standard InChI is InChI=1S/2C5H9BrO2/c2*1-5(7)8-4-2-3-6/h2*2-4H2,1H3. The minimum absolute atomic E-state index is 0.203. The second-order valence-electron chi connectivity index (χ2n) is 2.77. The van der Waals surface area contributed by atoms with Gasteiger partial charge in [-0.05, 0) is 12.8 Å². The first-order valence-electron chi connectivity index (χ1n) is 4.93. The zero-order valence-corrected chi connectivity index (χ0v) is 12.8. The number of esters is 2. The molecule has 96 valence electrons. The largest absolute Gasteiger partial charge is 0.466 e. The second kappa shape index (κ2) is 14.9. The summed E-state index contributed by atoms with van der Waals surface area (Å²) in [6.07, 6.45) is 1.78. The quantitative estimate of drug-likeness (QED) is 0.414. The lowest BCUT2D eigenvalue weighted by atomic mass is 10.5. The van der Waals surface area contributed by atoms with Crippen molar-refractivity contribution in [1.29, 1.82) is 0 Å². The molecule has 0 bridgehead atoms. The average Bonchev–Trinajstić information content (AvgIpc) is 2.18. The molecule has 0 aliphatic rings. The summed E-state index contributed by atoms with van der Waals surface area (Å²) in [7, 11) is 0. The molecule has 0 radical (unpaired) electrons.